The number of nitrogens with zero attached hydrogens (tertiary/aromatic N) is 1. The van der Waals surface area contributed by atoms with Crippen LogP contribution < -0.4 is 0 Å². The molecule has 5 heteroatoms. The number of carbonyl (C=O) groups is 1. The minimum atomic E-state index is -0.717. The third-order valence-electron chi connectivity index (χ3n) is 2.26. The fourth-order valence-electron chi connectivity index (χ4n) is 1.68. The molecule has 0 bridgehead atoms. The van der Waals surface area contributed by atoms with Gasteiger partial charge in [-0.3, -0.25) is 14.9 Å². The summed E-state index contributed by atoms with van der Waals surface area (Å²) in [6, 6.07) is 1.98. The first-order valence-corrected chi connectivity index (χ1v) is 4.09. The maximum absolute atomic E-state index is 12.9. The number of nitro groups is 1. The second kappa shape index (κ2) is 2.87. The predicted molar refractivity (Wildman–Crippen MR) is 45.7 cm³/mol. The molecule has 0 aromatic heterocycles. The lowest BCUT2D eigenvalue weighted by atomic mass is 10.1. The normalized spacial score (nSPS) is 14.2. The van der Waals surface area contributed by atoms with Gasteiger partial charge < -0.3 is 0 Å². The maximum Gasteiger partial charge on any atom is 0.283 e. The van der Waals surface area contributed by atoms with E-state index in [4.69, 9.17) is 0 Å². The average Bonchev–Trinajstić information content (AvgIpc) is 2.46. The zero-order valence-electron chi connectivity index (χ0n) is 7.12. The molecule has 1 aliphatic carbocycles. The van der Waals surface area contributed by atoms with Crippen LogP contribution in [0.1, 0.15) is 22.3 Å². The molecule has 72 valence electrons. The molecule has 0 saturated heterocycles. The Kier molecular flexibility index (Phi) is 1.80. The second-order valence-electron chi connectivity index (χ2n) is 3.14. The van der Waals surface area contributed by atoms with E-state index in [9.17, 15) is 19.3 Å². The van der Waals surface area contributed by atoms with Crippen molar-refractivity contribution in [3.05, 3.63) is 39.2 Å². The van der Waals surface area contributed by atoms with E-state index >= 15 is 0 Å². The molecule has 0 atom stereocenters. The molecule has 0 radical (unpaired) electrons. The summed E-state index contributed by atoms with van der Waals surface area (Å²) < 4.78 is 12.9. The fraction of sp³-hybridized carbons (Fsp3) is 0.222. The van der Waals surface area contributed by atoms with Crippen LogP contribution in [0.25, 0.3) is 0 Å². The summed E-state index contributed by atoms with van der Waals surface area (Å²) in [5.74, 6) is -0.933. The van der Waals surface area contributed by atoms with Gasteiger partial charge in [-0.25, -0.2) is 4.39 Å². The van der Waals surface area contributed by atoms with Crippen molar-refractivity contribution in [1.82, 2.24) is 0 Å². The fourth-order valence-corrected chi connectivity index (χ4v) is 1.68. The van der Waals surface area contributed by atoms with Crippen molar-refractivity contribution >= 4 is 11.5 Å². The third kappa shape index (κ3) is 1.17. The summed E-state index contributed by atoms with van der Waals surface area (Å²) in [5, 5.41) is 10.5. The van der Waals surface area contributed by atoms with E-state index in [2.05, 4.69) is 0 Å². The smallest absolute Gasteiger partial charge is 0.283 e. The molecule has 0 amide bonds. The van der Waals surface area contributed by atoms with Gasteiger partial charge in [-0.2, -0.15) is 0 Å². The minimum absolute atomic E-state index is 0.0800. The van der Waals surface area contributed by atoms with Crippen LogP contribution in [0.4, 0.5) is 10.1 Å². The number of carbonyl (C=O) groups excluding carboxylic acids is 1. The number of nitro benzene ring substituents is 1. The molecule has 4 nitrogen and oxygen atoms in total. The quantitative estimate of drug-likeness (QED) is 0.507. The number of hydrogen-bond donors (Lipinski definition) is 0. The van der Waals surface area contributed by atoms with Gasteiger partial charge in [0.25, 0.3) is 5.69 Å². The molecule has 1 aliphatic rings. The first-order valence-electron chi connectivity index (χ1n) is 4.09. The average molecular weight is 195 g/mol. The van der Waals surface area contributed by atoms with E-state index < -0.39 is 16.4 Å². The number of halogens is 1. The van der Waals surface area contributed by atoms with Crippen molar-refractivity contribution in [3.8, 4) is 0 Å². The van der Waals surface area contributed by atoms with Crippen molar-refractivity contribution in [2.75, 3.05) is 0 Å². The Bertz CT molecular complexity index is 442. The van der Waals surface area contributed by atoms with Crippen LogP contribution in [0.15, 0.2) is 12.1 Å². The number of aryl methyl sites for hydroxylation is 1. The van der Waals surface area contributed by atoms with Gasteiger partial charge in [0.1, 0.15) is 5.82 Å². The summed E-state index contributed by atoms with van der Waals surface area (Å²) >= 11 is 0. The molecule has 0 saturated carbocycles. The number of rotatable bonds is 1. The van der Waals surface area contributed by atoms with Crippen LogP contribution in [0.2, 0.25) is 0 Å². The molecule has 1 aromatic carbocycles. The molecule has 0 spiro atoms. The molecule has 2 rings (SSSR count). The van der Waals surface area contributed by atoms with Gasteiger partial charge in [-0.15, -0.1) is 0 Å². The molecule has 0 heterocycles. The first-order chi connectivity index (χ1) is 6.59. The van der Waals surface area contributed by atoms with Crippen molar-refractivity contribution in [2.45, 2.75) is 12.8 Å². The van der Waals surface area contributed by atoms with E-state index in [1.54, 1.807) is 0 Å². The molecule has 14 heavy (non-hydrogen) atoms. The van der Waals surface area contributed by atoms with Gasteiger partial charge >= 0.3 is 0 Å². The lowest BCUT2D eigenvalue weighted by Gasteiger charge is -1.99. The zero-order valence-corrected chi connectivity index (χ0v) is 7.12. The van der Waals surface area contributed by atoms with Crippen LogP contribution in [0, 0.1) is 15.9 Å². The van der Waals surface area contributed by atoms with Crippen LogP contribution >= 0.6 is 0 Å². The number of benzene rings is 1. The van der Waals surface area contributed by atoms with Crippen molar-refractivity contribution in [1.29, 1.82) is 0 Å². The van der Waals surface area contributed by atoms with E-state index in [1.165, 1.54) is 6.07 Å². The Morgan fingerprint density at radius 1 is 1.36 bits per heavy atom. The zero-order chi connectivity index (χ0) is 10.3. The topological polar surface area (TPSA) is 60.2 Å². The summed E-state index contributed by atoms with van der Waals surface area (Å²) in [6.07, 6.45) is 0.631. The van der Waals surface area contributed by atoms with Gasteiger partial charge in [0.15, 0.2) is 5.78 Å². The lowest BCUT2D eigenvalue weighted by molar-refractivity contribution is -0.385. The van der Waals surface area contributed by atoms with Crippen molar-refractivity contribution in [3.63, 3.8) is 0 Å². The highest BCUT2D eigenvalue weighted by Gasteiger charge is 2.29. The number of fused-ring (bicyclic) bond motifs is 1. The summed E-state index contributed by atoms with van der Waals surface area (Å²) in [4.78, 5) is 21.1. The second-order valence-corrected chi connectivity index (χ2v) is 3.14. The Labute approximate surface area is 78.5 Å². The standard InChI is InChI=1S/C9H6FNO3/c10-6-3-5-1-2-8(12)9(5)7(4-6)11(13)14/h3-4H,1-2H2. The SMILES string of the molecule is O=C1CCc2cc(F)cc([N+](=O)[O-])c21. The van der Waals surface area contributed by atoms with E-state index in [-0.39, 0.29) is 17.8 Å². The van der Waals surface area contributed by atoms with Crippen LogP contribution in [-0.2, 0) is 6.42 Å². The summed E-state index contributed by atoms with van der Waals surface area (Å²) in [7, 11) is 0. The number of hydrogen-bond acceptors (Lipinski definition) is 3. The van der Waals surface area contributed by atoms with Crippen LogP contribution in [0.3, 0.4) is 0 Å². The molecular formula is C9H6FNO3. The minimum Gasteiger partial charge on any atom is -0.294 e. The van der Waals surface area contributed by atoms with E-state index in [0.717, 1.165) is 6.07 Å². The van der Waals surface area contributed by atoms with E-state index in [1.807, 2.05) is 0 Å². The Morgan fingerprint density at radius 2 is 2.07 bits per heavy atom. The van der Waals surface area contributed by atoms with Crippen molar-refractivity contribution < 1.29 is 14.1 Å². The van der Waals surface area contributed by atoms with Gasteiger partial charge in [0, 0.05) is 6.42 Å². The molecule has 0 fully saturated rings. The van der Waals surface area contributed by atoms with Gasteiger partial charge in [-0.1, -0.05) is 0 Å². The highest BCUT2D eigenvalue weighted by Crippen LogP contribution is 2.31. The maximum atomic E-state index is 12.9. The number of ketones is 1. The molecule has 0 N–H and O–H groups in total. The van der Waals surface area contributed by atoms with Gasteiger partial charge in [0.2, 0.25) is 0 Å². The van der Waals surface area contributed by atoms with E-state index in [0.29, 0.717) is 12.0 Å². The van der Waals surface area contributed by atoms with Crippen LogP contribution in [-0.4, -0.2) is 10.7 Å². The first kappa shape index (κ1) is 8.80. The van der Waals surface area contributed by atoms with Gasteiger partial charge in [-0.05, 0) is 18.1 Å². The van der Waals surface area contributed by atoms with Crippen molar-refractivity contribution in [2.24, 2.45) is 0 Å². The molecule has 0 aliphatic heterocycles. The molecule has 1 aromatic rings. The highest BCUT2D eigenvalue weighted by molar-refractivity contribution is 6.03. The highest BCUT2D eigenvalue weighted by atomic mass is 19.1. The molecule has 0 unspecified atom stereocenters. The monoisotopic (exact) mass is 195 g/mol. The lowest BCUT2D eigenvalue weighted by Crippen LogP contribution is -2.00. The largest absolute Gasteiger partial charge is 0.294 e. The summed E-state index contributed by atoms with van der Waals surface area (Å²) in [6.45, 7) is 0. The Hall–Kier alpha value is -1.78. The van der Waals surface area contributed by atoms with Crippen LogP contribution in [0.5, 0.6) is 0 Å². The summed E-state index contributed by atoms with van der Waals surface area (Å²) in [5.41, 5.74) is 0.112. The Morgan fingerprint density at radius 3 is 2.71 bits per heavy atom. The predicted octanol–water partition coefficient (Wildman–Crippen LogP) is 1.86. The number of Topliss-reactive ketones (excluding diaryl/α,β-unsaturated/α-hetero) is 1. The third-order valence-corrected chi connectivity index (χ3v) is 2.26. The Balaban J connectivity index is 2.71. The van der Waals surface area contributed by atoms with Gasteiger partial charge in [0.05, 0.1) is 16.6 Å². The molecular weight excluding hydrogens is 189 g/mol.